The summed E-state index contributed by atoms with van der Waals surface area (Å²) in [5.74, 6) is 1.04. The monoisotopic (exact) mass is 367 g/mol. The summed E-state index contributed by atoms with van der Waals surface area (Å²) >= 11 is 5.40. The van der Waals surface area contributed by atoms with Gasteiger partial charge in [-0.2, -0.15) is 0 Å². The minimum Gasteiger partial charge on any atom is -0.497 e. The number of ether oxygens (including phenoxy) is 1. The molecule has 0 aliphatic rings. The summed E-state index contributed by atoms with van der Waals surface area (Å²) in [4.78, 5) is 3.38. The van der Waals surface area contributed by atoms with Crippen LogP contribution in [0.1, 0.15) is 30.4 Å². The number of nitrogens with one attached hydrogen (secondary N) is 3. The standard InChI is InChI=1S/C21H25N3OS/c1-3-12-22-21(26)24-13-18(15-8-10-16(25-2)11-9-15)19-14-23-20-7-5-4-6-17(19)20/h4-11,14,18,23H,3,12-13H2,1-2H3,(H2,22,24,26)/t18-/m1/s1. The molecule has 4 nitrogen and oxygen atoms in total. The Morgan fingerprint density at radius 1 is 1.12 bits per heavy atom. The minimum absolute atomic E-state index is 0.179. The van der Waals surface area contributed by atoms with Crippen molar-refractivity contribution in [1.29, 1.82) is 0 Å². The predicted octanol–water partition coefficient (Wildman–Crippen LogP) is 4.18. The van der Waals surface area contributed by atoms with Gasteiger partial charge in [-0.25, -0.2) is 0 Å². The van der Waals surface area contributed by atoms with Gasteiger partial charge in [0.15, 0.2) is 5.11 Å². The Balaban J connectivity index is 1.89. The van der Waals surface area contributed by atoms with Crippen LogP contribution in [0.4, 0.5) is 0 Å². The van der Waals surface area contributed by atoms with E-state index >= 15 is 0 Å². The Morgan fingerprint density at radius 3 is 2.62 bits per heavy atom. The normalized spacial score (nSPS) is 11.9. The zero-order valence-electron chi connectivity index (χ0n) is 15.2. The first-order valence-corrected chi connectivity index (χ1v) is 9.35. The van der Waals surface area contributed by atoms with E-state index in [0.717, 1.165) is 30.8 Å². The van der Waals surface area contributed by atoms with Gasteiger partial charge in [0.2, 0.25) is 0 Å². The number of fused-ring (bicyclic) bond motifs is 1. The zero-order chi connectivity index (χ0) is 18.4. The van der Waals surface area contributed by atoms with Gasteiger partial charge in [-0.05, 0) is 48.0 Å². The smallest absolute Gasteiger partial charge is 0.166 e. The third-order valence-corrected chi connectivity index (χ3v) is 4.81. The molecule has 1 atom stereocenters. The van der Waals surface area contributed by atoms with E-state index in [1.54, 1.807) is 7.11 Å². The summed E-state index contributed by atoms with van der Waals surface area (Å²) < 4.78 is 5.30. The highest BCUT2D eigenvalue weighted by Gasteiger charge is 2.18. The van der Waals surface area contributed by atoms with Crippen LogP contribution in [0.2, 0.25) is 0 Å². The molecular weight excluding hydrogens is 342 g/mol. The molecule has 3 N–H and O–H groups in total. The number of rotatable bonds is 7. The molecule has 1 heterocycles. The maximum absolute atomic E-state index is 5.40. The van der Waals surface area contributed by atoms with Gasteiger partial charge < -0.3 is 20.4 Å². The van der Waals surface area contributed by atoms with Crippen LogP contribution in [0.25, 0.3) is 10.9 Å². The molecule has 2 aromatic carbocycles. The van der Waals surface area contributed by atoms with E-state index in [4.69, 9.17) is 17.0 Å². The molecule has 0 bridgehead atoms. The van der Waals surface area contributed by atoms with E-state index in [-0.39, 0.29) is 5.92 Å². The topological polar surface area (TPSA) is 49.1 Å². The van der Waals surface area contributed by atoms with Gasteiger partial charge in [-0.3, -0.25) is 0 Å². The molecule has 0 radical (unpaired) electrons. The SMILES string of the molecule is CCCNC(=S)NC[C@H](c1ccc(OC)cc1)c1c[nH]c2ccccc12. The van der Waals surface area contributed by atoms with Crippen molar-refractivity contribution >= 4 is 28.2 Å². The molecule has 26 heavy (non-hydrogen) atoms. The Hall–Kier alpha value is -2.53. The van der Waals surface area contributed by atoms with Gasteiger partial charge in [0, 0.05) is 36.1 Å². The Morgan fingerprint density at radius 2 is 1.88 bits per heavy atom. The molecular formula is C21H25N3OS. The summed E-state index contributed by atoms with van der Waals surface area (Å²) in [6, 6.07) is 16.6. The van der Waals surface area contributed by atoms with Crippen LogP contribution >= 0.6 is 12.2 Å². The summed E-state index contributed by atoms with van der Waals surface area (Å²) in [6.45, 7) is 3.73. The lowest BCUT2D eigenvalue weighted by atomic mass is 9.91. The van der Waals surface area contributed by atoms with Gasteiger partial charge >= 0.3 is 0 Å². The van der Waals surface area contributed by atoms with Crippen molar-refractivity contribution in [2.75, 3.05) is 20.2 Å². The fraction of sp³-hybridized carbons (Fsp3) is 0.286. The maximum atomic E-state index is 5.40. The maximum Gasteiger partial charge on any atom is 0.166 e. The van der Waals surface area contributed by atoms with Crippen molar-refractivity contribution in [3.63, 3.8) is 0 Å². The summed E-state index contributed by atoms with van der Waals surface area (Å²) in [7, 11) is 1.69. The number of aromatic amines is 1. The molecule has 0 spiro atoms. The minimum atomic E-state index is 0.179. The third-order valence-electron chi connectivity index (χ3n) is 4.52. The third kappa shape index (κ3) is 4.17. The van der Waals surface area contributed by atoms with Crippen LogP contribution in [0, 0.1) is 0 Å². The quantitative estimate of drug-likeness (QED) is 0.548. The van der Waals surface area contributed by atoms with Gasteiger partial charge in [0.1, 0.15) is 5.75 Å². The lowest BCUT2D eigenvalue weighted by Gasteiger charge is -2.20. The highest BCUT2D eigenvalue weighted by molar-refractivity contribution is 7.80. The van der Waals surface area contributed by atoms with Crippen molar-refractivity contribution in [2.24, 2.45) is 0 Å². The largest absolute Gasteiger partial charge is 0.497 e. The van der Waals surface area contributed by atoms with Crippen LogP contribution in [0.15, 0.2) is 54.7 Å². The van der Waals surface area contributed by atoms with Crippen LogP contribution in [0.5, 0.6) is 5.75 Å². The Kier molecular flexibility index (Phi) is 6.12. The van der Waals surface area contributed by atoms with Crippen molar-refractivity contribution < 1.29 is 4.74 Å². The van der Waals surface area contributed by atoms with E-state index in [1.165, 1.54) is 16.5 Å². The van der Waals surface area contributed by atoms with E-state index in [0.29, 0.717) is 5.11 Å². The number of aromatic nitrogens is 1. The molecule has 1 aromatic heterocycles. The molecule has 5 heteroatoms. The molecule has 0 aliphatic carbocycles. The second-order valence-corrected chi connectivity index (χ2v) is 6.66. The van der Waals surface area contributed by atoms with Gasteiger partial charge in [-0.15, -0.1) is 0 Å². The average molecular weight is 368 g/mol. The van der Waals surface area contributed by atoms with E-state index in [9.17, 15) is 0 Å². The van der Waals surface area contributed by atoms with Crippen molar-refractivity contribution in [3.8, 4) is 5.75 Å². The fourth-order valence-electron chi connectivity index (χ4n) is 3.12. The Labute approximate surface area is 160 Å². The van der Waals surface area contributed by atoms with Gasteiger partial charge in [-0.1, -0.05) is 37.3 Å². The van der Waals surface area contributed by atoms with Crippen LogP contribution in [-0.2, 0) is 0 Å². The number of hydrogen-bond acceptors (Lipinski definition) is 2. The first-order valence-electron chi connectivity index (χ1n) is 8.94. The van der Waals surface area contributed by atoms with Crippen molar-refractivity contribution in [2.45, 2.75) is 19.3 Å². The van der Waals surface area contributed by atoms with E-state index in [1.807, 2.05) is 18.2 Å². The van der Waals surface area contributed by atoms with Crippen LogP contribution in [-0.4, -0.2) is 30.3 Å². The molecule has 0 fully saturated rings. The first kappa shape index (κ1) is 18.3. The predicted molar refractivity (Wildman–Crippen MR) is 112 cm³/mol. The van der Waals surface area contributed by atoms with Crippen molar-refractivity contribution in [1.82, 2.24) is 15.6 Å². The highest BCUT2D eigenvalue weighted by Crippen LogP contribution is 2.31. The number of hydrogen-bond donors (Lipinski definition) is 3. The molecule has 0 unspecified atom stereocenters. The number of para-hydroxylation sites is 1. The van der Waals surface area contributed by atoms with E-state index < -0.39 is 0 Å². The molecule has 136 valence electrons. The second kappa shape index (κ2) is 8.72. The molecule has 3 aromatic rings. The number of thiocarbonyl (C=S) groups is 1. The summed E-state index contributed by atoms with van der Waals surface area (Å²) in [5.41, 5.74) is 3.63. The lowest BCUT2D eigenvalue weighted by Crippen LogP contribution is -2.38. The molecule has 0 aliphatic heterocycles. The fourth-order valence-corrected chi connectivity index (χ4v) is 3.31. The Bertz CT molecular complexity index is 857. The number of H-pyrrole nitrogens is 1. The molecule has 0 saturated carbocycles. The molecule has 3 rings (SSSR count). The average Bonchev–Trinajstić information content (AvgIpc) is 3.11. The van der Waals surface area contributed by atoms with Gasteiger partial charge in [0.05, 0.1) is 7.11 Å². The second-order valence-electron chi connectivity index (χ2n) is 6.25. The number of benzene rings is 2. The van der Waals surface area contributed by atoms with E-state index in [2.05, 4.69) is 59.1 Å². The highest BCUT2D eigenvalue weighted by atomic mass is 32.1. The summed E-state index contributed by atoms with van der Waals surface area (Å²) in [6.07, 6.45) is 3.15. The van der Waals surface area contributed by atoms with Crippen LogP contribution < -0.4 is 15.4 Å². The first-order chi connectivity index (χ1) is 12.7. The van der Waals surface area contributed by atoms with Gasteiger partial charge in [0.25, 0.3) is 0 Å². The lowest BCUT2D eigenvalue weighted by molar-refractivity contribution is 0.414. The molecule has 0 saturated heterocycles. The van der Waals surface area contributed by atoms with Crippen LogP contribution in [0.3, 0.4) is 0 Å². The summed E-state index contributed by atoms with van der Waals surface area (Å²) in [5, 5.41) is 8.54. The zero-order valence-corrected chi connectivity index (χ0v) is 16.0. The number of methoxy groups -OCH3 is 1. The molecule has 0 amide bonds. The van der Waals surface area contributed by atoms with Crippen molar-refractivity contribution in [3.05, 3.63) is 65.9 Å².